The van der Waals surface area contributed by atoms with E-state index in [1.807, 2.05) is 30.7 Å². The molecule has 0 N–H and O–H groups in total. The molecule has 0 saturated heterocycles. The Kier molecular flexibility index (Phi) is 5.45. The lowest BCUT2D eigenvalue weighted by molar-refractivity contribution is 0.460. The summed E-state index contributed by atoms with van der Waals surface area (Å²) in [6, 6.07) is 38.3. The monoisotopic (exact) mass is 427 g/mol. The Morgan fingerprint density at radius 3 is 1.61 bits per heavy atom. The first-order valence-corrected chi connectivity index (χ1v) is 10.7. The molecule has 5 rings (SSSR count). The molecule has 33 heavy (non-hydrogen) atoms. The molecular weight excluding hydrogens is 406 g/mol. The van der Waals surface area contributed by atoms with Crippen molar-refractivity contribution >= 4 is 5.69 Å². The van der Waals surface area contributed by atoms with Crippen molar-refractivity contribution in [3.8, 4) is 11.6 Å². The van der Waals surface area contributed by atoms with Crippen molar-refractivity contribution in [2.45, 2.75) is 5.54 Å². The van der Waals surface area contributed by atoms with E-state index in [1.165, 1.54) is 0 Å². The van der Waals surface area contributed by atoms with Gasteiger partial charge in [-0.15, -0.1) is 0 Å². The fraction of sp³-hybridized carbons (Fsp3) is 0.0345. The largest absolute Gasteiger partial charge is 0.438 e. The van der Waals surface area contributed by atoms with Crippen molar-refractivity contribution in [2.75, 3.05) is 0 Å². The molecule has 0 fully saturated rings. The fourth-order valence-electron chi connectivity index (χ4n) is 4.24. The minimum absolute atomic E-state index is 0.484. The Morgan fingerprint density at radius 2 is 1.15 bits per heavy atom. The average Bonchev–Trinajstić information content (AvgIpc) is 3.35. The minimum atomic E-state index is -0.633. The first-order chi connectivity index (χ1) is 16.3. The van der Waals surface area contributed by atoms with Gasteiger partial charge in [0.15, 0.2) is 5.69 Å². The van der Waals surface area contributed by atoms with Gasteiger partial charge in [-0.1, -0.05) is 103 Å². The van der Waals surface area contributed by atoms with Crippen LogP contribution in [0.3, 0.4) is 0 Å². The molecular formula is C29H21N3O. The van der Waals surface area contributed by atoms with Crippen molar-refractivity contribution in [2.24, 2.45) is 0 Å². The third-order valence-electron chi connectivity index (χ3n) is 5.71. The van der Waals surface area contributed by atoms with Crippen LogP contribution in [-0.4, -0.2) is 9.55 Å². The van der Waals surface area contributed by atoms with Crippen LogP contribution in [0, 0.1) is 6.57 Å². The lowest BCUT2D eigenvalue weighted by atomic mass is 9.77. The smallest absolute Gasteiger partial charge is 0.237 e. The molecule has 1 aromatic heterocycles. The highest BCUT2D eigenvalue weighted by Gasteiger charge is 2.38. The van der Waals surface area contributed by atoms with E-state index >= 15 is 0 Å². The summed E-state index contributed by atoms with van der Waals surface area (Å²) in [5, 5.41) is 0. The predicted octanol–water partition coefficient (Wildman–Crippen LogP) is 7.07. The van der Waals surface area contributed by atoms with Crippen LogP contribution < -0.4 is 4.74 Å². The maximum Gasteiger partial charge on any atom is 0.237 e. The Balaban J connectivity index is 1.68. The summed E-state index contributed by atoms with van der Waals surface area (Å²) in [5.74, 6) is 1.12. The summed E-state index contributed by atoms with van der Waals surface area (Å²) < 4.78 is 8.13. The Labute approximate surface area is 193 Å². The molecule has 0 bridgehead atoms. The van der Waals surface area contributed by atoms with Crippen LogP contribution in [0.5, 0.6) is 11.6 Å². The first-order valence-electron chi connectivity index (χ1n) is 10.7. The number of imidazole rings is 1. The summed E-state index contributed by atoms with van der Waals surface area (Å²) in [5.41, 5.74) is 3.30. The first kappa shape index (κ1) is 20.3. The quantitative estimate of drug-likeness (QED) is 0.214. The number of benzene rings is 4. The Morgan fingerprint density at radius 1 is 0.667 bits per heavy atom. The second-order valence-electron chi connectivity index (χ2n) is 7.64. The van der Waals surface area contributed by atoms with Gasteiger partial charge in [0.25, 0.3) is 0 Å². The molecule has 4 nitrogen and oxygen atoms in total. The van der Waals surface area contributed by atoms with Gasteiger partial charge in [-0.05, 0) is 28.8 Å². The molecule has 158 valence electrons. The number of rotatable bonds is 6. The van der Waals surface area contributed by atoms with E-state index in [0.717, 1.165) is 16.7 Å². The molecule has 0 aliphatic carbocycles. The summed E-state index contributed by atoms with van der Waals surface area (Å²) in [7, 11) is 0. The van der Waals surface area contributed by atoms with Crippen LogP contribution in [0.4, 0.5) is 5.69 Å². The van der Waals surface area contributed by atoms with Gasteiger partial charge in [0, 0.05) is 0 Å². The molecule has 0 radical (unpaired) electrons. The molecule has 0 aliphatic rings. The van der Waals surface area contributed by atoms with E-state index in [0.29, 0.717) is 17.3 Å². The van der Waals surface area contributed by atoms with Gasteiger partial charge >= 0.3 is 0 Å². The fourth-order valence-corrected chi connectivity index (χ4v) is 4.24. The Bertz CT molecular complexity index is 1270. The van der Waals surface area contributed by atoms with E-state index in [-0.39, 0.29) is 0 Å². The van der Waals surface area contributed by atoms with Gasteiger partial charge in [-0.2, -0.15) is 0 Å². The van der Waals surface area contributed by atoms with Crippen LogP contribution in [0.25, 0.3) is 4.85 Å². The second kappa shape index (κ2) is 8.86. The summed E-state index contributed by atoms with van der Waals surface area (Å²) in [4.78, 5) is 8.01. The van der Waals surface area contributed by atoms with E-state index in [1.54, 1.807) is 24.3 Å². The van der Waals surface area contributed by atoms with Gasteiger partial charge in [-0.25, -0.2) is 9.83 Å². The van der Waals surface area contributed by atoms with Crippen LogP contribution in [0.15, 0.2) is 128 Å². The van der Waals surface area contributed by atoms with Gasteiger partial charge < -0.3 is 9.30 Å². The van der Waals surface area contributed by atoms with E-state index in [4.69, 9.17) is 11.3 Å². The number of nitrogens with zero attached hydrogens (tertiary/aromatic N) is 3. The number of hydrogen-bond acceptors (Lipinski definition) is 2. The van der Waals surface area contributed by atoms with Crippen molar-refractivity contribution < 1.29 is 4.74 Å². The van der Waals surface area contributed by atoms with E-state index in [9.17, 15) is 0 Å². The molecule has 4 heteroatoms. The third-order valence-corrected chi connectivity index (χ3v) is 5.71. The van der Waals surface area contributed by atoms with Gasteiger partial charge in [0.05, 0.1) is 12.8 Å². The molecule has 5 aromatic rings. The molecule has 1 heterocycles. The molecule has 0 atom stereocenters. The topological polar surface area (TPSA) is 31.4 Å². The maximum atomic E-state index is 7.12. The summed E-state index contributed by atoms with van der Waals surface area (Å²) >= 11 is 0. The lowest BCUT2D eigenvalue weighted by Crippen LogP contribution is -2.36. The minimum Gasteiger partial charge on any atom is -0.438 e. The van der Waals surface area contributed by atoms with Crippen LogP contribution in [0.1, 0.15) is 16.7 Å². The summed E-state index contributed by atoms with van der Waals surface area (Å²) in [6.45, 7) is 7.12. The van der Waals surface area contributed by atoms with Crippen LogP contribution >= 0.6 is 0 Å². The molecule has 4 aromatic carbocycles. The van der Waals surface area contributed by atoms with Crippen LogP contribution in [-0.2, 0) is 5.54 Å². The van der Waals surface area contributed by atoms with Gasteiger partial charge in [-0.3, -0.25) is 0 Å². The number of hydrogen-bond donors (Lipinski definition) is 0. The van der Waals surface area contributed by atoms with Crippen LogP contribution in [0.2, 0.25) is 0 Å². The maximum absolute atomic E-state index is 7.12. The van der Waals surface area contributed by atoms with Crippen molar-refractivity contribution in [3.05, 3.63) is 156 Å². The number of aromatic nitrogens is 2. The zero-order chi connectivity index (χ0) is 22.5. The third kappa shape index (κ3) is 3.77. The van der Waals surface area contributed by atoms with Crippen molar-refractivity contribution in [1.82, 2.24) is 9.55 Å². The van der Waals surface area contributed by atoms with E-state index in [2.05, 4.69) is 87.2 Å². The molecule has 0 amide bonds. The average molecular weight is 428 g/mol. The summed E-state index contributed by atoms with van der Waals surface area (Å²) in [6.07, 6.45) is 3.74. The molecule has 0 aliphatic heterocycles. The molecule has 0 saturated carbocycles. The highest BCUT2D eigenvalue weighted by Crippen LogP contribution is 2.41. The SMILES string of the molecule is [C-]#[N+]c1ccc(Oc2cn(C(c3ccccc3)(c3ccccc3)c3ccccc3)cn2)cc1. The predicted molar refractivity (Wildman–Crippen MR) is 130 cm³/mol. The zero-order valence-corrected chi connectivity index (χ0v) is 17.9. The standard InChI is InChI=1S/C29H21N3O/c1-30-26-17-19-27(20-18-26)33-28-21-32(22-31-28)29(23-11-5-2-6-12-23,24-13-7-3-8-14-24)25-15-9-4-10-16-25/h2-22H. The molecule has 0 spiro atoms. The van der Waals surface area contributed by atoms with Crippen molar-refractivity contribution in [3.63, 3.8) is 0 Å². The normalized spacial score (nSPS) is 11.0. The molecule has 0 unspecified atom stereocenters. The second-order valence-corrected chi connectivity index (χ2v) is 7.64. The van der Waals surface area contributed by atoms with Gasteiger partial charge in [0.2, 0.25) is 5.88 Å². The Hall–Kier alpha value is -4.62. The zero-order valence-electron chi connectivity index (χ0n) is 17.9. The van der Waals surface area contributed by atoms with E-state index < -0.39 is 5.54 Å². The van der Waals surface area contributed by atoms with Gasteiger partial charge in [0.1, 0.15) is 17.6 Å². The highest BCUT2D eigenvalue weighted by atomic mass is 16.5. The number of ether oxygens (including phenoxy) is 1. The van der Waals surface area contributed by atoms with Crippen molar-refractivity contribution in [1.29, 1.82) is 0 Å². The lowest BCUT2D eigenvalue weighted by Gasteiger charge is -2.37. The highest BCUT2D eigenvalue weighted by molar-refractivity contribution is 5.51.